The summed E-state index contributed by atoms with van der Waals surface area (Å²) in [6.45, 7) is 3.77. The van der Waals surface area contributed by atoms with Gasteiger partial charge in [-0.1, -0.05) is 23.7 Å². The fourth-order valence-corrected chi connectivity index (χ4v) is 2.14. The molecule has 2 rings (SSSR count). The van der Waals surface area contributed by atoms with E-state index >= 15 is 0 Å². The number of halogens is 2. The van der Waals surface area contributed by atoms with Gasteiger partial charge in [0.1, 0.15) is 18.2 Å². The Morgan fingerprint density at radius 1 is 1.14 bits per heavy atom. The van der Waals surface area contributed by atoms with Crippen molar-refractivity contribution in [3.63, 3.8) is 0 Å². The SMILES string of the molecule is Cc1cc(OCC(=O)Cc2ccc(F)cc2)cc(C)c1Cl. The predicted octanol–water partition coefficient (Wildman–Crippen LogP) is 4.29. The van der Waals surface area contributed by atoms with Gasteiger partial charge >= 0.3 is 0 Å². The maximum atomic E-state index is 12.8. The van der Waals surface area contributed by atoms with Gasteiger partial charge < -0.3 is 4.74 Å². The Morgan fingerprint density at radius 3 is 2.29 bits per heavy atom. The molecular formula is C17H16ClFO2. The molecule has 0 unspecified atom stereocenters. The van der Waals surface area contributed by atoms with E-state index in [4.69, 9.17) is 16.3 Å². The number of ketones is 1. The van der Waals surface area contributed by atoms with Gasteiger partial charge in [0, 0.05) is 11.4 Å². The van der Waals surface area contributed by atoms with Gasteiger partial charge in [0.15, 0.2) is 5.78 Å². The molecule has 0 radical (unpaired) electrons. The number of hydrogen-bond acceptors (Lipinski definition) is 2. The number of benzene rings is 2. The molecule has 0 heterocycles. The number of carbonyl (C=O) groups is 1. The summed E-state index contributed by atoms with van der Waals surface area (Å²) >= 11 is 6.08. The van der Waals surface area contributed by atoms with E-state index in [2.05, 4.69) is 0 Å². The van der Waals surface area contributed by atoms with Crippen LogP contribution in [0.25, 0.3) is 0 Å². The second kappa shape index (κ2) is 6.72. The van der Waals surface area contributed by atoms with Crippen molar-refractivity contribution in [2.45, 2.75) is 20.3 Å². The van der Waals surface area contributed by atoms with Crippen LogP contribution in [0.4, 0.5) is 4.39 Å². The van der Waals surface area contributed by atoms with Crippen LogP contribution in [0.2, 0.25) is 5.02 Å². The van der Waals surface area contributed by atoms with E-state index in [1.54, 1.807) is 24.3 Å². The molecule has 2 aromatic carbocycles. The highest BCUT2D eigenvalue weighted by molar-refractivity contribution is 6.32. The Kier molecular flexibility index (Phi) is 4.97. The molecule has 110 valence electrons. The lowest BCUT2D eigenvalue weighted by atomic mass is 10.1. The Bertz CT molecular complexity index is 627. The molecule has 2 aromatic rings. The molecule has 0 saturated heterocycles. The lowest BCUT2D eigenvalue weighted by Crippen LogP contribution is -2.14. The molecule has 4 heteroatoms. The summed E-state index contributed by atoms with van der Waals surface area (Å²) in [7, 11) is 0. The van der Waals surface area contributed by atoms with Crippen molar-refractivity contribution in [1.29, 1.82) is 0 Å². The van der Waals surface area contributed by atoms with E-state index in [1.165, 1.54) is 12.1 Å². The summed E-state index contributed by atoms with van der Waals surface area (Å²) < 4.78 is 18.3. The number of rotatable bonds is 5. The van der Waals surface area contributed by atoms with Crippen LogP contribution in [0.5, 0.6) is 5.75 Å². The molecule has 21 heavy (non-hydrogen) atoms. The highest BCUT2D eigenvalue weighted by Crippen LogP contribution is 2.25. The van der Waals surface area contributed by atoms with Crippen molar-refractivity contribution in [1.82, 2.24) is 0 Å². The zero-order chi connectivity index (χ0) is 15.4. The summed E-state index contributed by atoms with van der Waals surface area (Å²) in [5.41, 5.74) is 2.60. The topological polar surface area (TPSA) is 26.3 Å². The summed E-state index contributed by atoms with van der Waals surface area (Å²) in [6, 6.07) is 9.50. The Hall–Kier alpha value is -1.87. The van der Waals surface area contributed by atoms with Crippen LogP contribution in [0, 0.1) is 19.7 Å². The molecular weight excluding hydrogens is 291 g/mol. The molecule has 0 spiro atoms. The lowest BCUT2D eigenvalue weighted by Gasteiger charge is -2.09. The van der Waals surface area contributed by atoms with Crippen LogP contribution in [-0.2, 0) is 11.2 Å². The first-order valence-electron chi connectivity index (χ1n) is 6.61. The van der Waals surface area contributed by atoms with Gasteiger partial charge in [0.05, 0.1) is 0 Å². The maximum Gasteiger partial charge on any atom is 0.174 e. The molecule has 0 bridgehead atoms. The standard InChI is InChI=1S/C17H16ClFO2/c1-11-7-16(8-12(2)17(11)18)21-10-15(20)9-13-3-5-14(19)6-4-13/h3-8H,9-10H2,1-2H3. The summed E-state index contributed by atoms with van der Waals surface area (Å²) in [5, 5.41) is 0.708. The van der Waals surface area contributed by atoms with Crippen molar-refractivity contribution in [3.05, 3.63) is 63.9 Å². The van der Waals surface area contributed by atoms with Crippen LogP contribution >= 0.6 is 11.6 Å². The number of Topliss-reactive ketones (excluding diaryl/α,β-unsaturated/α-hetero) is 1. The number of carbonyl (C=O) groups excluding carboxylic acids is 1. The van der Waals surface area contributed by atoms with Gasteiger partial charge in [-0.05, 0) is 54.8 Å². The zero-order valence-electron chi connectivity index (χ0n) is 12.0. The summed E-state index contributed by atoms with van der Waals surface area (Å²) in [5.74, 6) is 0.253. The molecule has 0 aliphatic heterocycles. The molecule has 0 saturated carbocycles. The van der Waals surface area contributed by atoms with Gasteiger partial charge in [-0.2, -0.15) is 0 Å². The average Bonchev–Trinajstić information content (AvgIpc) is 2.45. The fourth-order valence-electron chi connectivity index (χ4n) is 2.03. The molecule has 0 fully saturated rings. The minimum atomic E-state index is -0.311. The van der Waals surface area contributed by atoms with E-state index in [0.29, 0.717) is 10.8 Å². The third-order valence-corrected chi connectivity index (χ3v) is 3.72. The van der Waals surface area contributed by atoms with Gasteiger partial charge in [0.25, 0.3) is 0 Å². The zero-order valence-corrected chi connectivity index (χ0v) is 12.7. The summed E-state index contributed by atoms with van der Waals surface area (Å²) in [6.07, 6.45) is 0.228. The lowest BCUT2D eigenvalue weighted by molar-refractivity contribution is -0.120. The van der Waals surface area contributed by atoms with Crippen molar-refractivity contribution in [2.75, 3.05) is 6.61 Å². The van der Waals surface area contributed by atoms with Crippen molar-refractivity contribution < 1.29 is 13.9 Å². The highest BCUT2D eigenvalue weighted by Gasteiger charge is 2.08. The van der Waals surface area contributed by atoms with Crippen LogP contribution in [0.1, 0.15) is 16.7 Å². The molecule has 0 aliphatic rings. The maximum absolute atomic E-state index is 12.8. The Balaban J connectivity index is 1.93. The molecule has 0 atom stereocenters. The Labute approximate surface area is 128 Å². The first-order valence-corrected chi connectivity index (χ1v) is 6.99. The monoisotopic (exact) mass is 306 g/mol. The number of hydrogen-bond donors (Lipinski definition) is 0. The molecule has 0 N–H and O–H groups in total. The molecule has 2 nitrogen and oxygen atoms in total. The minimum Gasteiger partial charge on any atom is -0.486 e. The van der Waals surface area contributed by atoms with E-state index in [-0.39, 0.29) is 24.6 Å². The van der Waals surface area contributed by atoms with E-state index in [1.807, 2.05) is 13.8 Å². The smallest absolute Gasteiger partial charge is 0.174 e. The van der Waals surface area contributed by atoms with Gasteiger partial charge in [-0.3, -0.25) is 4.79 Å². The number of ether oxygens (including phenoxy) is 1. The summed E-state index contributed by atoms with van der Waals surface area (Å²) in [4.78, 5) is 11.9. The van der Waals surface area contributed by atoms with Gasteiger partial charge in [-0.15, -0.1) is 0 Å². The predicted molar refractivity (Wildman–Crippen MR) is 81.5 cm³/mol. The number of aryl methyl sites for hydroxylation is 2. The minimum absolute atomic E-state index is 0.0160. The van der Waals surface area contributed by atoms with Crippen LogP contribution in [-0.4, -0.2) is 12.4 Å². The third-order valence-electron chi connectivity index (χ3n) is 3.12. The normalized spacial score (nSPS) is 10.5. The van der Waals surface area contributed by atoms with E-state index < -0.39 is 0 Å². The van der Waals surface area contributed by atoms with Gasteiger partial charge in [-0.25, -0.2) is 4.39 Å². The van der Waals surface area contributed by atoms with Crippen LogP contribution in [0.3, 0.4) is 0 Å². The molecule has 0 amide bonds. The largest absolute Gasteiger partial charge is 0.486 e. The van der Waals surface area contributed by atoms with Crippen LogP contribution in [0.15, 0.2) is 36.4 Å². The molecule has 0 aromatic heterocycles. The third kappa shape index (κ3) is 4.30. The van der Waals surface area contributed by atoms with Gasteiger partial charge in [0.2, 0.25) is 0 Å². The first kappa shape index (κ1) is 15.5. The quantitative estimate of drug-likeness (QED) is 0.824. The second-order valence-electron chi connectivity index (χ2n) is 5.00. The van der Waals surface area contributed by atoms with Crippen LogP contribution < -0.4 is 4.74 Å². The highest BCUT2D eigenvalue weighted by atomic mass is 35.5. The fraction of sp³-hybridized carbons (Fsp3) is 0.235. The van der Waals surface area contributed by atoms with E-state index in [9.17, 15) is 9.18 Å². The molecule has 0 aliphatic carbocycles. The van der Waals surface area contributed by atoms with Crippen molar-refractivity contribution in [2.24, 2.45) is 0 Å². The van der Waals surface area contributed by atoms with Crippen molar-refractivity contribution in [3.8, 4) is 5.75 Å². The Morgan fingerprint density at radius 2 is 1.71 bits per heavy atom. The average molecular weight is 307 g/mol. The second-order valence-corrected chi connectivity index (χ2v) is 5.38. The van der Waals surface area contributed by atoms with E-state index in [0.717, 1.165) is 16.7 Å². The first-order chi connectivity index (χ1) is 9.95. The van der Waals surface area contributed by atoms with Crippen molar-refractivity contribution >= 4 is 17.4 Å².